The van der Waals surface area contributed by atoms with Gasteiger partial charge < -0.3 is 0 Å². The first kappa shape index (κ1) is 10.3. The van der Waals surface area contributed by atoms with Gasteiger partial charge in [0, 0.05) is 11.1 Å². The summed E-state index contributed by atoms with van der Waals surface area (Å²) in [7, 11) is 0. The lowest BCUT2D eigenvalue weighted by Crippen LogP contribution is -2.06. The van der Waals surface area contributed by atoms with Crippen molar-refractivity contribution in [1.29, 1.82) is 0 Å². The molecule has 0 aromatic rings. The average molecular weight is 157 g/mol. The molecule has 0 aliphatic rings. The number of carbonyl (C=O) groups is 1. The molecule has 0 rings (SSSR count). The van der Waals surface area contributed by atoms with Crippen LogP contribution >= 0.6 is 0 Å². The summed E-state index contributed by atoms with van der Waals surface area (Å²) in [6.45, 7) is 3.85. The summed E-state index contributed by atoms with van der Waals surface area (Å²) in [5.74, 6) is -0.694. The topological polar surface area (TPSA) is 46.5 Å². The average Bonchev–Trinajstić information content (AvgIpc) is 2.03. The summed E-state index contributed by atoms with van der Waals surface area (Å²) in [5, 5.41) is 2.38. The Kier molecular flexibility index (Phi) is 5.61. The van der Waals surface area contributed by atoms with E-state index < -0.39 is 5.91 Å². The Morgan fingerprint density at radius 1 is 1.45 bits per heavy atom. The molecule has 3 heteroatoms. The lowest BCUT2D eigenvalue weighted by atomic mass is 10.0. The molecule has 0 heterocycles. The number of hydrogen-bond donors (Lipinski definition) is 0. The fourth-order valence-electron chi connectivity index (χ4n) is 0.914. The standard InChI is InChI=1S/C8H15NO2/c1-3-4-5-6-7(2)8(10)9-11/h7H,3-6H2,1-2H3. The molecular formula is C8H15NO2. The van der Waals surface area contributed by atoms with E-state index >= 15 is 0 Å². The van der Waals surface area contributed by atoms with Gasteiger partial charge in [0.2, 0.25) is 0 Å². The fourth-order valence-corrected chi connectivity index (χ4v) is 0.914. The van der Waals surface area contributed by atoms with Gasteiger partial charge in [-0.05, 0) is 6.42 Å². The van der Waals surface area contributed by atoms with Crippen molar-refractivity contribution >= 4 is 5.91 Å². The van der Waals surface area contributed by atoms with E-state index in [0.29, 0.717) is 0 Å². The lowest BCUT2D eigenvalue weighted by molar-refractivity contribution is -0.121. The molecular weight excluding hydrogens is 142 g/mol. The minimum atomic E-state index is -0.513. The molecule has 0 saturated carbocycles. The summed E-state index contributed by atoms with van der Waals surface area (Å²) < 4.78 is 0. The molecule has 0 fully saturated rings. The Balaban J connectivity index is 3.43. The highest BCUT2D eigenvalue weighted by Gasteiger charge is 2.11. The SMILES string of the molecule is CCCCCC(C)C(=O)N=O. The number of hydrogen-bond acceptors (Lipinski definition) is 2. The van der Waals surface area contributed by atoms with Crippen molar-refractivity contribution in [3.8, 4) is 0 Å². The first-order chi connectivity index (χ1) is 5.22. The molecule has 0 aromatic carbocycles. The maximum absolute atomic E-state index is 10.6. The van der Waals surface area contributed by atoms with Crippen LogP contribution in [0, 0.1) is 10.8 Å². The van der Waals surface area contributed by atoms with E-state index in [9.17, 15) is 9.70 Å². The maximum Gasteiger partial charge on any atom is 0.289 e. The zero-order valence-electron chi connectivity index (χ0n) is 7.17. The predicted octanol–water partition coefficient (Wildman–Crippen LogP) is 2.50. The van der Waals surface area contributed by atoms with Crippen LogP contribution in [-0.2, 0) is 4.79 Å². The normalized spacial score (nSPS) is 12.5. The van der Waals surface area contributed by atoms with Gasteiger partial charge in [0.1, 0.15) is 0 Å². The number of nitroso groups, excluding NO2 is 1. The van der Waals surface area contributed by atoms with Crippen molar-refractivity contribution in [2.24, 2.45) is 11.1 Å². The smallest absolute Gasteiger partial charge is 0.269 e. The van der Waals surface area contributed by atoms with E-state index in [1.54, 1.807) is 6.92 Å². The van der Waals surface area contributed by atoms with Crippen molar-refractivity contribution in [2.75, 3.05) is 0 Å². The van der Waals surface area contributed by atoms with Gasteiger partial charge in [-0.3, -0.25) is 4.79 Å². The predicted molar refractivity (Wildman–Crippen MR) is 44.1 cm³/mol. The monoisotopic (exact) mass is 157 g/mol. The Hall–Kier alpha value is -0.730. The minimum absolute atomic E-state index is 0.181. The van der Waals surface area contributed by atoms with Gasteiger partial charge in [0.05, 0.1) is 0 Å². The summed E-state index contributed by atoms with van der Waals surface area (Å²) >= 11 is 0. The van der Waals surface area contributed by atoms with E-state index in [4.69, 9.17) is 0 Å². The molecule has 0 saturated heterocycles. The molecule has 0 N–H and O–H groups in total. The van der Waals surface area contributed by atoms with Crippen molar-refractivity contribution in [3.63, 3.8) is 0 Å². The number of carbonyl (C=O) groups excluding carboxylic acids is 1. The summed E-state index contributed by atoms with van der Waals surface area (Å²) in [6, 6.07) is 0. The molecule has 0 aliphatic carbocycles. The second kappa shape index (κ2) is 6.01. The highest BCUT2D eigenvalue weighted by atomic mass is 16.3. The Bertz CT molecular complexity index is 134. The third-order valence-electron chi connectivity index (χ3n) is 1.75. The van der Waals surface area contributed by atoms with Crippen LogP contribution in [0.1, 0.15) is 39.5 Å². The number of amides is 1. The molecule has 3 nitrogen and oxygen atoms in total. The van der Waals surface area contributed by atoms with E-state index in [-0.39, 0.29) is 5.92 Å². The third kappa shape index (κ3) is 4.65. The van der Waals surface area contributed by atoms with Gasteiger partial charge in [-0.2, -0.15) is 0 Å². The molecule has 0 bridgehead atoms. The first-order valence-corrected chi connectivity index (χ1v) is 4.09. The van der Waals surface area contributed by atoms with Gasteiger partial charge in [-0.15, -0.1) is 4.91 Å². The van der Waals surface area contributed by atoms with Gasteiger partial charge in [0.15, 0.2) is 0 Å². The molecule has 0 aliphatic heterocycles. The number of unbranched alkanes of at least 4 members (excludes halogenated alkanes) is 2. The number of rotatable bonds is 5. The Morgan fingerprint density at radius 3 is 2.55 bits per heavy atom. The highest BCUT2D eigenvalue weighted by Crippen LogP contribution is 2.10. The quantitative estimate of drug-likeness (QED) is 0.454. The fraction of sp³-hybridized carbons (Fsp3) is 0.875. The van der Waals surface area contributed by atoms with Gasteiger partial charge in [0.25, 0.3) is 5.91 Å². The highest BCUT2D eigenvalue weighted by molar-refractivity contribution is 5.78. The molecule has 1 unspecified atom stereocenters. The van der Waals surface area contributed by atoms with Gasteiger partial charge in [-0.1, -0.05) is 33.1 Å². The molecule has 1 amide bonds. The van der Waals surface area contributed by atoms with E-state index in [1.165, 1.54) is 0 Å². The lowest BCUT2D eigenvalue weighted by Gasteiger charge is -2.02. The molecule has 0 radical (unpaired) electrons. The minimum Gasteiger partial charge on any atom is -0.269 e. The van der Waals surface area contributed by atoms with Crippen LogP contribution in [0.3, 0.4) is 0 Å². The molecule has 0 aromatic heterocycles. The van der Waals surface area contributed by atoms with Gasteiger partial charge >= 0.3 is 0 Å². The number of nitrogens with zero attached hydrogens (tertiary/aromatic N) is 1. The van der Waals surface area contributed by atoms with Crippen LogP contribution in [0.25, 0.3) is 0 Å². The summed E-state index contributed by atoms with van der Waals surface area (Å²) in [5.41, 5.74) is 0. The van der Waals surface area contributed by atoms with Crippen molar-refractivity contribution in [1.82, 2.24) is 0 Å². The maximum atomic E-state index is 10.6. The summed E-state index contributed by atoms with van der Waals surface area (Å²) in [4.78, 5) is 20.4. The molecule has 0 spiro atoms. The van der Waals surface area contributed by atoms with Crippen LogP contribution in [0.4, 0.5) is 0 Å². The zero-order chi connectivity index (χ0) is 8.69. The van der Waals surface area contributed by atoms with E-state index in [0.717, 1.165) is 25.7 Å². The van der Waals surface area contributed by atoms with E-state index in [2.05, 4.69) is 12.1 Å². The van der Waals surface area contributed by atoms with Crippen LogP contribution in [0.15, 0.2) is 5.18 Å². The van der Waals surface area contributed by atoms with Crippen molar-refractivity contribution in [2.45, 2.75) is 39.5 Å². The Labute approximate surface area is 67.2 Å². The van der Waals surface area contributed by atoms with Crippen LogP contribution in [0.5, 0.6) is 0 Å². The van der Waals surface area contributed by atoms with Gasteiger partial charge in [-0.25, -0.2) is 0 Å². The largest absolute Gasteiger partial charge is 0.289 e. The van der Waals surface area contributed by atoms with Crippen LogP contribution < -0.4 is 0 Å². The molecule has 64 valence electrons. The molecule has 1 atom stereocenters. The summed E-state index contributed by atoms with van der Waals surface area (Å²) in [6.07, 6.45) is 4.06. The molecule has 11 heavy (non-hydrogen) atoms. The Morgan fingerprint density at radius 2 is 2.09 bits per heavy atom. The van der Waals surface area contributed by atoms with E-state index in [1.807, 2.05) is 0 Å². The van der Waals surface area contributed by atoms with Crippen molar-refractivity contribution < 1.29 is 4.79 Å². The third-order valence-corrected chi connectivity index (χ3v) is 1.75. The van der Waals surface area contributed by atoms with Crippen LogP contribution in [-0.4, -0.2) is 5.91 Å². The van der Waals surface area contributed by atoms with Crippen molar-refractivity contribution in [3.05, 3.63) is 4.91 Å². The van der Waals surface area contributed by atoms with Crippen LogP contribution in [0.2, 0.25) is 0 Å². The second-order valence-electron chi connectivity index (χ2n) is 2.83. The second-order valence-corrected chi connectivity index (χ2v) is 2.83. The zero-order valence-corrected chi connectivity index (χ0v) is 7.17. The first-order valence-electron chi connectivity index (χ1n) is 4.09.